The molecule has 0 radical (unpaired) electrons. The number of rotatable bonds is 4. The number of aliphatic hydroxyl groups is 1. The van der Waals surface area contributed by atoms with E-state index in [0.29, 0.717) is 11.3 Å². The van der Waals surface area contributed by atoms with Gasteiger partial charge in [0.25, 0.3) is 0 Å². The van der Waals surface area contributed by atoms with Gasteiger partial charge in [0.2, 0.25) is 0 Å². The molecule has 6 N–H and O–H groups in total. The number of amides is 2. The van der Waals surface area contributed by atoms with Crippen molar-refractivity contribution in [1.82, 2.24) is 5.32 Å². The first kappa shape index (κ1) is 17.0. The van der Waals surface area contributed by atoms with Gasteiger partial charge in [0.1, 0.15) is 17.3 Å². The molecule has 9 nitrogen and oxygen atoms in total. The number of dihydropyridines is 1. The van der Waals surface area contributed by atoms with Gasteiger partial charge in [-0.15, -0.1) is 0 Å². The Labute approximate surface area is 137 Å². The number of amidine groups is 2. The maximum atomic E-state index is 11.9. The minimum absolute atomic E-state index is 0.0355. The number of ether oxygens (including phenoxy) is 1. The van der Waals surface area contributed by atoms with Gasteiger partial charge < -0.3 is 26.2 Å². The summed E-state index contributed by atoms with van der Waals surface area (Å²) in [4.78, 5) is 27.2. The van der Waals surface area contributed by atoms with Crippen LogP contribution < -0.4 is 16.4 Å². The summed E-state index contributed by atoms with van der Waals surface area (Å²) in [5, 5.41) is 22.2. The van der Waals surface area contributed by atoms with Gasteiger partial charge in [0.05, 0.1) is 18.6 Å². The smallest absolute Gasteiger partial charge is 0.338 e. The fraction of sp³-hybridized carbons (Fsp3) is 0.200. The fourth-order valence-electron chi connectivity index (χ4n) is 1.95. The average Bonchev–Trinajstić information content (AvgIpc) is 2.52. The van der Waals surface area contributed by atoms with Crippen LogP contribution in [0.4, 0.5) is 10.5 Å². The zero-order valence-electron chi connectivity index (χ0n) is 12.9. The van der Waals surface area contributed by atoms with Crippen LogP contribution in [0.3, 0.4) is 0 Å². The summed E-state index contributed by atoms with van der Waals surface area (Å²) in [6.45, 7) is 1.99. The molecule has 0 unspecified atom stereocenters. The number of anilines is 1. The fourth-order valence-corrected chi connectivity index (χ4v) is 1.95. The van der Waals surface area contributed by atoms with E-state index in [9.17, 15) is 14.7 Å². The van der Waals surface area contributed by atoms with Gasteiger partial charge >= 0.3 is 12.0 Å². The lowest BCUT2D eigenvalue weighted by atomic mass is 10.2. The molecule has 24 heavy (non-hydrogen) atoms. The Bertz CT molecular complexity index is 737. The lowest BCUT2D eigenvalue weighted by Crippen LogP contribution is -2.35. The molecule has 126 valence electrons. The van der Waals surface area contributed by atoms with Gasteiger partial charge in [-0.1, -0.05) is 0 Å². The number of urea groups is 1. The first-order chi connectivity index (χ1) is 11.4. The number of nitrogens with one attached hydrogen (secondary N) is 3. The van der Waals surface area contributed by atoms with Crippen LogP contribution in [-0.2, 0) is 4.74 Å². The Morgan fingerprint density at radius 3 is 2.58 bits per heavy atom. The van der Waals surface area contributed by atoms with Crippen molar-refractivity contribution in [3.8, 4) is 0 Å². The van der Waals surface area contributed by atoms with Crippen molar-refractivity contribution in [1.29, 1.82) is 5.41 Å². The van der Waals surface area contributed by atoms with E-state index in [1.54, 1.807) is 6.92 Å². The molecule has 1 aliphatic heterocycles. The second kappa shape index (κ2) is 7.27. The van der Waals surface area contributed by atoms with Crippen LogP contribution in [0, 0.1) is 5.41 Å². The maximum absolute atomic E-state index is 11.9. The molecule has 2 amide bonds. The standard InChI is InChI=1S/C15H17N5O4/c1-2-24-14(22)8-3-5-9(6-4-8)18-15(23)20-12-10(21)7-11(16)19-13(12)17/h3-6,21H,2,7H2,1H3,(H3,16,17,19)(H2,18,20,23). The molecule has 0 fully saturated rings. The summed E-state index contributed by atoms with van der Waals surface area (Å²) in [7, 11) is 0. The van der Waals surface area contributed by atoms with E-state index < -0.39 is 12.0 Å². The number of aliphatic imine (C=N–C) groups is 1. The van der Waals surface area contributed by atoms with Crippen molar-refractivity contribution >= 4 is 29.4 Å². The molecule has 1 aliphatic rings. The van der Waals surface area contributed by atoms with E-state index in [4.69, 9.17) is 15.9 Å². The largest absolute Gasteiger partial charge is 0.510 e. The Morgan fingerprint density at radius 1 is 1.33 bits per heavy atom. The molecule has 1 aromatic rings. The number of nitrogens with two attached hydrogens (primary N) is 1. The van der Waals surface area contributed by atoms with Crippen LogP contribution in [0.2, 0.25) is 0 Å². The first-order valence-electron chi connectivity index (χ1n) is 7.10. The molecule has 0 saturated heterocycles. The number of carbonyl (C=O) groups is 2. The number of benzene rings is 1. The Morgan fingerprint density at radius 2 is 2.00 bits per heavy atom. The van der Waals surface area contributed by atoms with Crippen molar-refractivity contribution in [3.05, 3.63) is 41.3 Å². The molecule has 0 atom stereocenters. The second-order valence-corrected chi connectivity index (χ2v) is 4.83. The molecule has 2 rings (SSSR count). The predicted molar refractivity (Wildman–Crippen MR) is 88.2 cm³/mol. The van der Waals surface area contributed by atoms with Crippen molar-refractivity contribution < 1.29 is 19.4 Å². The van der Waals surface area contributed by atoms with Crippen LogP contribution in [0.5, 0.6) is 0 Å². The van der Waals surface area contributed by atoms with Gasteiger partial charge in [-0.2, -0.15) is 0 Å². The van der Waals surface area contributed by atoms with Crippen molar-refractivity contribution in [2.75, 3.05) is 11.9 Å². The van der Waals surface area contributed by atoms with Crippen molar-refractivity contribution in [3.63, 3.8) is 0 Å². The van der Waals surface area contributed by atoms with Crippen LogP contribution in [0.25, 0.3) is 0 Å². The minimum Gasteiger partial charge on any atom is -0.510 e. The summed E-state index contributed by atoms with van der Waals surface area (Å²) in [6.07, 6.45) is -0.0355. The molecule has 0 saturated carbocycles. The molecule has 1 aromatic carbocycles. The van der Waals surface area contributed by atoms with E-state index >= 15 is 0 Å². The molecule has 0 aromatic heterocycles. The minimum atomic E-state index is -0.666. The second-order valence-electron chi connectivity index (χ2n) is 4.83. The lowest BCUT2D eigenvalue weighted by Gasteiger charge is -2.16. The van der Waals surface area contributed by atoms with E-state index in [1.807, 2.05) is 0 Å². The highest BCUT2D eigenvalue weighted by molar-refractivity contribution is 6.10. The van der Waals surface area contributed by atoms with Gasteiger partial charge in [-0.25, -0.2) is 14.6 Å². The zero-order chi connectivity index (χ0) is 17.7. The van der Waals surface area contributed by atoms with Gasteiger partial charge in [0.15, 0.2) is 5.84 Å². The Hall–Kier alpha value is -3.36. The third kappa shape index (κ3) is 4.09. The number of esters is 1. The normalized spacial score (nSPS) is 14.0. The number of hydrogen-bond acceptors (Lipinski definition) is 6. The molecule has 9 heteroatoms. The van der Waals surface area contributed by atoms with Crippen LogP contribution in [-0.4, -0.2) is 35.4 Å². The molecular formula is C15H17N5O4. The van der Waals surface area contributed by atoms with E-state index in [1.165, 1.54) is 24.3 Å². The molecule has 0 bridgehead atoms. The number of hydrogen-bond donors (Lipinski definition) is 5. The zero-order valence-corrected chi connectivity index (χ0v) is 12.9. The van der Waals surface area contributed by atoms with Crippen LogP contribution in [0.1, 0.15) is 23.7 Å². The third-order valence-electron chi connectivity index (χ3n) is 3.02. The monoisotopic (exact) mass is 331 g/mol. The van der Waals surface area contributed by atoms with Crippen LogP contribution >= 0.6 is 0 Å². The van der Waals surface area contributed by atoms with Gasteiger partial charge in [-0.05, 0) is 31.2 Å². The van der Waals surface area contributed by atoms with Crippen LogP contribution in [0.15, 0.2) is 40.7 Å². The van der Waals surface area contributed by atoms with E-state index in [0.717, 1.165) is 0 Å². The summed E-state index contributed by atoms with van der Waals surface area (Å²) in [5.74, 6) is -0.919. The highest BCUT2D eigenvalue weighted by Crippen LogP contribution is 2.13. The Kier molecular flexibility index (Phi) is 5.15. The summed E-state index contributed by atoms with van der Waals surface area (Å²) >= 11 is 0. The van der Waals surface area contributed by atoms with Crippen molar-refractivity contribution in [2.45, 2.75) is 13.3 Å². The molecule has 0 aliphatic carbocycles. The average molecular weight is 331 g/mol. The SMILES string of the molecule is CCOC(=O)c1ccc(NC(=O)NC2=C(O)CC(N)=NC2=N)cc1. The Balaban J connectivity index is 1.99. The topological polar surface area (TPSA) is 150 Å². The summed E-state index contributed by atoms with van der Waals surface area (Å²) in [5.41, 5.74) is 6.12. The maximum Gasteiger partial charge on any atom is 0.338 e. The first-order valence-corrected chi connectivity index (χ1v) is 7.10. The number of carbonyl (C=O) groups excluding carboxylic acids is 2. The highest BCUT2D eigenvalue weighted by Gasteiger charge is 2.20. The van der Waals surface area contributed by atoms with Crippen molar-refractivity contribution in [2.24, 2.45) is 10.7 Å². The highest BCUT2D eigenvalue weighted by atomic mass is 16.5. The summed E-state index contributed by atoms with van der Waals surface area (Å²) < 4.78 is 4.86. The molecule has 1 heterocycles. The summed E-state index contributed by atoms with van der Waals surface area (Å²) in [6, 6.07) is 5.42. The van der Waals surface area contributed by atoms with Gasteiger partial charge in [-0.3, -0.25) is 5.41 Å². The number of aliphatic hydroxyl groups excluding tert-OH is 1. The third-order valence-corrected chi connectivity index (χ3v) is 3.02. The number of nitrogens with zero attached hydrogens (tertiary/aromatic N) is 1. The molecule has 0 spiro atoms. The lowest BCUT2D eigenvalue weighted by molar-refractivity contribution is 0.0526. The molecular weight excluding hydrogens is 314 g/mol. The van der Waals surface area contributed by atoms with E-state index in [-0.39, 0.29) is 36.2 Å². The quantitative estimate of drug-likeness (QED) is 0.530. The predicted octanol–water partition coefficient (Wildman–Crippen LogP) is 1.49. The van der Waals surface area contributed by atoms with E-state index in [2.05, 4.69) is 15.6 Å². The van der Waals surface area contributed by atoms with Gasteiger partial charge in [0, 0.05) is 5.69 Å².